The van der Waals surface area contributed by atoms with Crippen molar-refractivity contribution in [2.45, 2.75) is 25.4 Å². The third kappa shape index (κ3) is 2.46. The molecule has 1 N–H and O–H groups in total. The molecular weight excluding hydrogens is 288 g/mol. The topological polar surface area (TPSA) is 59.6 Å². The van der Waals surface area contributed by atoms with E-state index in [0.717, 1.165) is 38.2 Å². The second-order valence-electron chi connectivity index (χ2n) is 6.53. The third-order valence-corrected chi connectivity index (χ3v) is 5.14. The molecule has 2 aliphatic heterocycles. The van der Waals surface area contributed by atoms with Crippen molar-refractivity contribution in [2.24, 2.45) is 0 Å². The smallest absolute Gasteiger partial charge is 0.142 e. The summed E-state index contributed by atoms with van der Waals surface area (Å²) in [6.07, 6.45) is 2.96. The number of nitrogens with zero attached hydrogens (tertiary/aromatic N) is 5. The molecule has 4 rings (SSSR count). The molecule has 0 aliphatic carbocycles. The monoisotopic (exact) mass is 310 g/mol. The minimum atomic E-state index is 0.535. The SMILES string of the molecule is C[C@@H]1CN(c2ccc(C#N)n3nccc23)C[C@@H]2CCNCCN21. The van der Waals surface area contributed by atoms with Gasteiger partial charge in [0.15, 0.2) is 0 Å². The molecule has 4 heterocycles. The van der Waals surface area contributed by atoms with E-state index in [2.05, 4.69) is 39.3 Å². The first-order chi connectivity index (χ1) is 11.3. The lowest BCUT2D eigenvalue weighted by molar-refractivity contribution is 0.129. The van der Waals surface area contributed by atoms with Gasteiger partial charge in [0.25, 0.3) is 0 Å². The lowest BCUT2D eigenvalue weighted by atomic mass is 10.0. The summed E-state index contributed by atoms with van der Waals surface area (Å²) in [5.74, 6) is 0. The Bertz CT molecular complexity index is 745. The van der Waals surface area contributed by atoms with Crippen LogP contribution in [0.2, 0.25) is 0 Å². The van der Waals surface area contributed by atoms with E-state index in [-0.39, 0.29) is 0 Å². The van der Waals surface area contributed by atoms with Gasteiger partial charge in [-0.15, -0.1) is 0 Å². The fourth-order valence-electron chi connectivity index (χ4n) is 4.03. The molecule has 0 spiro atoms. The van der Waals surface area contributed by atoms with Crippen LogP contribution in [0.5, 0.6) is 0 Å². The summed E-state index contributed by atoms with van der Waals surface area (Å²) < 4.78 is 1.75. The number of pyridine rings is 1. The highest BCUT2D eigenvalue weighted by atomic mass is 15.3. The molecule has 2 saturated heterocycles. The van der Waals surface area contributed by atoms with E-state index < -0.39 is 0 Å². The van der Waals surface area contributed by atoms with Crippen molar-refractivity contribution in [1.29, 1.82) is 5.26 Å². The Hall–Kier alpha value is -2.10. The summed E-state index contributed by atoms with van der Waals surface area (Å²) in [5.41, 5.74) is 2.79. The molecule has 0 unspecified atom stereocenters. The van der Waals surface area contributed by atoms with Gasteiger partial charge in [-0.25, -0.2) is 4.52 Å². The highest BCUT2D eigenvalue weighted by Crippen LogP contribution is 2.28. The fourth-order valence-corrected chi connectivity index (χ4v) is 4.03. The average molecular weight is 310 g/mol. The van der Waals surface area contributed by atoms with Crippen LogP contribution < -0.4 is 10.2 Å². The molecule has 2 aromatic rings. The van der Waals surface area contributed by atoms with Gasteiger partial charge in [0.2, 0.25) is 0 Å². The van der Waals surface area contributed by atoms with Crippen LogP contribution in [-0.4, -0.2) is 59.3 Å². The van der Waals surface area contributed by atoms with E-state index in [1.807, 2.05) is 12.1 Å². The van der Waals surface area contributed by atoms with Crippen molar-refractivity contribution in [3.8, 4) is 6.07 Å². The number of rotatable bonds is 1. The molecule has 6 heteroatoms. The van der Waals surface area contributed by atoms with Crippen molar-refractivity contribution in [3.05, 3.63) is 30.1 Å². The second-order valence-corrected chi connectivity index (χ2v) is 6.53. The van der Waals surface area contributed by atoms with Crippen molar-refractivity contribution in [1.82, 2.24) is 19.8 Å². The number of hydrogen-bond acceptors (Lipinski definition) is 5. The van der Waals surface area contributed by atoms with Crippen molar-refractivity contribution in [3.63, 3.8) is 0 Å². The van der Waals surface area contributed by atoms with Gasteiger partial charge >= 0.3 is 0 Å². The summed E-state index contributed by atoms with van der Waals surface area (Å²) in [5, 5.41) is 17.1. The number of anilines is 1. The summed E-state index contributed by atoms with van der Waals surface area (Å²) in [6.45, 7) is 7.70. The molecule has 2 aromatic heterocycles. The van der Waals surface area contributed by atoms with Crippen LogP contribution in [0.3, 0.4) is 0 Å². The van der Waals surface area contributed by atoms with E-state index in [1.54, 1.807) is 10.7 Å². The first-order valence-electron chi connectivity index (χ1n) is 8.36. The van der Waals surface area contributed by atoms with Gasteiger partial charge in [-0.2, -0.15) is 10.4 Å². The Morgan fingerprint density at radius 2 is 2.17 bits per heavy atom. The zero-order valence-electron chi connectivity index (χ0n) is 13.4. The Balaban J connectivity index is 1.69. The minimum Gasteiger partial charge on any atom is -0.367 e. The molecule has 0 radical (unpaired) electrons. The van der Waals surface area contributed by atoms with E-state index in [1.165, 1.54) is 12.1 Å². The van der Waals surface area contributed by atoms with Gasteiger partial charge in [0, 0.05) is 38.3 Å². The molecule has 2 aliphatic rings. The zero-order chi connectivity index (χ0) is 15.8. The Kier molecular flexibility index (Phi) is 3.68. The van der Waals surface area contributed by atoms with Crippen molar-refractivity contribution < 1.29 is 0 Å². The first-order valence-corrected chi connectivity index (χ1v) is 8.36. The van der Waals surface area contributed by atoms with Crippen LogP contribution in [0.25, 0.3) is 5.52 Å². The third-order valence-electron chi connectivity index (χ3n) is 5.14. The number of fused-ring (bicyclic) bond motifs is 2. The molecule has 0 aromatic carbocycles. The number of piperazine rings is 1. The summed E-state index contributed by atoms with van der Waals surface area (Å²) >= 11 is 0. The van der Waals surface area contributed by atoms with Gasteiger partial charge in [0.1, 0.15) is 11.8 Å². The largest absolute Gasteiger partial charge is 0.367 e. The summed E-state index contributed by atoms with van der Waals surface area (Å²) in [7, 11) is 0. The van der Waals surface area contributed by atoms with Crippen LogP contribution in [0.4, 0.5) is 5.69 Å². The molecule has 23 heavy (non-hydrogen) atoms. The van der Waals surface area contributed by atoms with Crippen molar-refractivity contribution in [2.75, 3.05) is 37.6 Å². The molecule has 2 fully saturated rings. The van der Waals surface area contributed by atoms with Crippen LogP contribution in [-0.2, 0) is 0 Å². The molecule has 0 amide bonds. The summed E-state index contributed by atoms with van der Waals surface area (Å²) in [4.78, 5) is 5.11. The lowest BCUT2D eigenvalue weighted by Gasteiger charge is -2.46. The number of hydrogen-bond donors (Lipinski definition) is 1. The normalized spacial score (nSPS) is 25.8. The number of nitriles is 1. The van der Waals surface area contributed by atoms with E-state index in [4.69, 9.17) is 0 Å². The van der Waals surface area contributed by atoms with E-state index >= 15 is 0 Å². The van der Waals surface area contributed by atoms with Crippen LogP contribution in [0.15, 0.2) is 24.4 Å². The van der Waals surface area contributed by atoms with Gasteiger partial charge in [-0.1, -0.05) is 0 Å². The summed E-state index contributed by atoms with van der Waals surface area (Å²) in [6, 6.07) is 9.29. The maximum Gasteiger partial charge on any atom is 0.142 e. The van der Waals surface area contributed by atoms with Gasteiger partial charge in [-0.3, -0.25) is 4.90 Å². The molecule has 2 atom stereocenters. The molecule has 0 bridgehead atoms. The Morgan fingerprint density at radius 1 is 1.26 bits per heavy atom. The second kappa shape index (κ2) is 5.84. The first kappa shape index (κ1) is 14.5. The fraction of sp³-hybridized carbons (Fsp3) is 0.529. The maximum atomic E-state index is 9.24. The highest BCUT2D eigenvalue weighted by molar-refractivity contribution is 5.74. The number of nitrogens with one attached hydrogen (secondary N) is 1. The lowest BCUT2D eigenvalue weighted by Crippen LogP contribution is -2.58. The highest BCUT2D eigenvalue weighted by Gasteiger charge is 2.33. The van der Waals surface area contributed by atoms with Crippen LogP contribution in [0, 0.1) is 11.3 Å². The Morgan fingerprint density at radius 3 is 3.04 bits per heavy atom. The average Bonchev–Trinajstić information content (AvgIpc) is 2.92. The zero-order valence-corrected chi connectivity index (χ0v) is 13.4. The van der Waals surface area contributed by atoms with Gasteiger partial charge < -0.3 is 10.2 Å². The molecule has 0 saturated carbocycles. The maximum absolute atomic E-state index is 9.24. The number of aromatic nitrogens is 2. The predicted molar refractivity (Wildman–Crippen MR) is 89.6 cm³/mol. The Labute approximate surface area is 136 Å². The standard InChI is InChI=1S/C17H22N6/c1-13-11-21(12-15-4-6-19-8-9-22(13)15)16-3-2-14(10-18)23-17(16)5-7-20-23/h2-3,5,7,13,15,19H,4,6,8-9,11-12H2,1H3/t13-,15+/m1/s1. The van der Waals surface area contributed by atoms with E-state index in [9.17, 15) is 5.26 Å². The molecule has 120 valence electrons. The van der Waals surface area contributed by atoms with Gasteiger partial charge in [0.05, 0.1) is 17.4 Å². The van der Waals surface area contributed by atoms with Crippen LogP contribution in [0.1, 0.15) is 19.0 Å². The van der Waals surface area contributed by atoms with Gasteiger partial charge in [-0.05, 0) is 38.1 Å². The minimum absolute atomic E-state index is 0.535. The van der Waals surface area contributed by atoms with Crippen LogP contribution >= 0.6 is 0 Å². The molecular formula is C17H22N6. The quantitative estimate of drug-likeness (QED) is 0.854. The van der Waals surface area contributed by atoms with Crippen molar-refractivity contribution >= 4 is 11.2 Å². The molecule has 6 nitrogen and oxygen atoms in total. The predicted octanol–water partition coefficient (Wildman–Crippen LogP) is 1.08. The van der Waals surface area contributed by atoms with E-state index in [0.29, 0.717) is 17.8 Å².